The minimum absolute atomic E-state index is 0.369. The first-order valence-electron chi connectivity index (χ1n) is 6.77. The predicted molar refractivity (Wildman–Crippen MR) is 73.7 cm³/mol. The van der Waals surface area contributed by atoms with E-state index in [2.05, 4.69) is 37.8 Å². The van der Waals surface area contributed by atoms with Gasteiger partial charge in [0.25, 0.3) is 0 Å². The second-order valence-corrected chi connectivity index (χ2v) is 5.17. The lowest BCUT2D eigenvalue weighted by Crippen LogP contribution is -2.44. The van der Waals surface area contributed by atoms with E-state index < -0.39 is 0 Å². The molecule has 0 radical (unpaired) electrons. The molecule has 2 nitrogen and oxygen atoms in total. The van der Waals surface area contributed by atoms with E-state index in [0.717, 1.165) is 18.8 Å². The molecule has 0 spiro atoms. The van der Waals surface area contributed by atoms with Crippen LogP contribution in [0.15, 0.2) is 18.2 Å². The number of anilines is 1. The summed E-state index contributed by atoms with van der Waals surface area (Å²) in [7, 11) is 0. The summed E-state index contributed by atoms with van der Waals surface area (Å²) >= 11 is 0. The third kappa shape index (κ3) is 2.06. The summed E-state index contributed by atoms with van der Waals surface area (Å²) in [4.78, 5) is 2.64. The highest BCUT2D eigenvalue weighted by molar-refractivity contribution is 5.46. The molecule has 0 bridgehead atoms. The van der Waals surface area contributed by atoms with Crippen molar-refractivity contribution in [3.63, 3.8) is 0 Å². The van der Waals surface area contributed by atoms with Gasteiger partial charge in [0.1, 0.15) is 0 Å². The van der Waals surface area contributed by atoms with Gasteiger partial charge in [-0.05, 0) is 42.5 Å². The van der Waals surface area contributed by atoms with Gasteiger partial charge in [-0.1, -0.05) is 26.8 Å². The zero-order valence-electron chi connectivity index (χ0n) is 11.3. The van der Waals surface area contributed by atoms with Crippen molar-refractivity contribution >= 4 is 5.69 Å². The van der Waals surface area contributed by atoms with Crippen molar-refractivity contribution in [3.8, 4) is 0 Å². The van der Waals surface area contributed by atoms with Gasteiger partial charge in [0.15, 0.2) is 0 Å². The maximum Gasteiger partial charge on any atom is 0.0317 e. The van der Waals surface area contributed by atoms with Gasteiger partial charge in [0, 0.05) is 24.3 Å². The third-order valence-corrected chi connectivity index (χ3v) is 4.60. The lowest BCUT2D eigenvalue weighted by molar-refractivity contribution is 0.0706. The Bertz CT molecular complexity index is 386. The first kappa shape index (κ1) is 12.4. The van der Waals surface area contributed by atoms with Gasteiger partial charge < -0.3 is 5.73 Å². The van der Waals surface area contributed by atoms with Crippen molar-refractivity contribution in [1.82, 2.24) is 4.90 Å². The largest absolute Gasteiger partial charge is 0.399 e. The Balaban J connectivity index is 2.24. The lowest BCUT2D eigenvalue weighted by Gasteiger charge is -2.40. The monoisotopic (exact) mass is 232 g/mol. The van der Waals surface area contributed by atoms with Crippen LogP contribution in [0.3, 0.4) is 0 Å². The van der Waals surface area contributed by atoms with Crippen molar-refractivity contribution in [2.75, 3.05) is 5.73 Å². The van der Waals surface area contributed by atoms with Crippen LogP contribution in [0.2, 0.25) is 0 Å². The van der Waals surface area contributed by atoms with Crippen molar-refractivity contribution < 1.29 is 0 Å². The normalized spacial score (nSPS) is 16.2. The molecule has 0 amide bonds. The van der Waals surface area contributed by atoms with Crippen LogP contribution >= 0.6 is 0 Å². The van der Waals surface area contributed by atoms with Gasteiger partial charge in [-0.3, -0.25) is 4.90 Å². The minimum atomic E-state index is 0.369. The van der Waals surface area contributed by atoms with Crippen molar-refractivity contribution in [2.24, 2.45) is 0 Å². The number of fused-ring (bicyclic) bond motifs is 1. The Morgan fingerprint density at radius 1 is 1.06 bits per heavy atom. The SMILES string of the molecule is CCC(CC)(CC)N1Cc2ccc(N)cc2C1. The van der Waals surface area contributed by atoms with E-state index in [1.54, 1.807) is 0 Å². The van der Waals surface area contributed by atoms with Gasteiger partial charge in [-0.15, -0.1) is 0 Å². The number of nitrogen functional groups attached to an aromatic ring is 1. The van der Waals surface area contributed by atoms with E-state index in [1.165, 1.54) is 30.4 Å². The number of nitrogens with two attached hydrogens (primary N) is 1. The van der Waals surface area contributed by atoms with E-state index in [1.807, 2.05) is 6.07 Å². The molecule has 1 aliphatic rings. The minimum Gasteiger partial charge on any atom is -0.399 e. The molecule has 0 aromatic heterocycles. The van der Waals surface area contributed by atoms with Gasteiger partial charge >= 0.3 is 0 Å². The summed E-state index contributed by atoms with van der Waals surface area (Å²) in [5, 5.41) is 0. The maximum absolute atomic E-state index is 5.86. The number of benzene rings is 1. The van der Waals surface area contributed by atoms with Gasteiger partial charge in [0.05, 0.1) is 0 Å². The van der Waals surface area contributed by atoms with Crippen LogP contribution in [0, 0.1) is 0 Å². The van der Waals surface area contributed by atoms with Crippen LogP contribution in [0.25, 0.3) is 0 Å². The maximum atomic E-state index is 5.86. The molecule has 0 fully saturated rings. The molecule has 1 aromatic carbocycles. The van der Waals surface area contributed by atoms with Crippen LogP contribution in [-0.2, 0) is 13.1 Å². The fourth-order valence-corrected chi connectivity index (χ4v) is 3.17. The molecule has 1 aromatic rings. The molecule has 0 saturated carbocycles. The average Bonchev–Trinajstić information content (AvgIpc) is 2.75. The Labute approximate surface area is 105 Å². The van der Waals surface area contributed by atoms with E-state index in [9.17, 15) is 0 Å². The quantitative estimate of drug-likeness (QED) is 0.804. The summed E-state index contributed by atoms with van der Waals surface area (Å²) in [6, 6.07) is 6.35. The Morgan fingerprint density at radius 2 is 1.65 bits per heavy atom. The lowest BCUT2D eigenvalue weighted by atomic mass is 9.88. The highest BCUT2D eigenvalue weighted by Crippen LogP contribution is 2.36. The van der Waals surface area contributed by atoms with Gasteiger partial charge in [-0.25, -0.2) is 0 Å². The van der Waals surface area contributed by atoms with Crippen molar-refractivity contribution in [2.45, 2.75) is 58.7 Å². The van der Waals surface area contributed by atoms with Crippen LogP contribution in [0.4, 0.5) is 5.69 Å². The molecule has 2 N–H and O–H groups in total. The molecule has 0 saturated heterocycles. The van der Waals surface area contributed by atoms with Crippen LogP contribution < -0.4 is 5.73 Å². The summed E-state index contributed by atoms with van der Waals surface area (Å²) in [5.41, 5.74) is 10.0. The number of hydrogen-bond donors (Lipinski definition) is 1. The Kier molecular flexibility index (Phi) is 3.43. The molecule has 17 heavy (non-hydrogen) atoms. The third-order valence-electron chi connectivity index (χ3n) is 4.60. The standard InChI is InChI=1S/C15H24N2/c1-4-15(5-2,6-3)17-10-12-7-8-14(16)9-13(12)11-17/h7-9H,4-6,10-11,16H2,1-3H3. The molecule has 0 aliphatic carbocycles. The highest BCUT2D eigenvalue weighted by atomic mass is 15.2. The second-order valence-electron chi connectivity index (χ2n) is 5.17. The fraction of sp³-hybridized carbons (Fsp3) is 0.600. The second kappa shape index (κ2) is 4.69. The zero-order valence-corrected chi connectivity index (χ0v) is 11.3. The van der Waals surface area contributed by atoms with E-state index in [-0.39, 0.29) is 0 Å². The van der Waals surface area contributed by atoms with E-state index in [0.29, 0.717) is 5.54 Å². The molecular weight excluding hydrogens is 208 g/mol. The van der Waals surface area contributed by atoms with Crippen LogP contribution in [0.5, 0.6) is 0 Å². The van der Waals surface area contributed by atoms with Crippen molar-refractivity contribution in [1.29, 1.82) is 0 Å². The summed E-state index contributed by atoms with van der Waals surface area (Å²) in [6.07, 6.45) is 3.68. The van der Waals surface area contributed by atoms with Gasteiger partial charge in [-0.2, -0.15) is 0 Å². The molecule has 1 heterocycles. The van der Waals surface area contributed by atoms with Gasteiger partial charge in [0.2, 0.25) is 0 Å². The summed E-state index contributed by atoms with van der Waals surface area (Å²) in [5.74, 6) is 0. The zero-order chi connectivity index (χ0) is 12.5. The molecule has 94 valence electrons. The topological polar surface area (TPSA) is 29.3 Å². The number of rotatable bonds is 4. The smallest absolute Gasteiger partial charge is 0.0317 e. The molecule has 0 unspecified atom stereocenters. The molecule has 2 rings (SSSR count). The first-order valence-corrected chi connectivity index (χ1v) is 6.77. The highest BCUT2D eigenvalue weighted by Gasteiger charge is 2.35. The van der Waals surface area contributed by atoms with Crippen molar-refractivity contribution in [3.05, 3.63) is 29.3 Å². The molecule has 2 heteroatoms. The number of hydrogen-bond acceptors (Lipinski definition) is 2. The van der Waals surface area contributed by atoms with Crippen LogP contribution in [-0.4, -0.2) is 10.4 Å². The molecular formula is C15H24N2. The first-order chi connectivity index (χ1) is 8.15. The summed E-state index contributed by atoms with van der Waals surface area (Å²) in [6.45, 7) is 9.08. The van der Waals surface area contributed by atoms with Crippen LogP contribution in [0.1, 0.15) is 51.2 Å². The average molecular weight is 232 g/mol. The predicted octanol–water partition coefficient (Wildman–Crippen LogP) is 3.55. The molecule has 1 aliphatic heterocycles. The Morgan fingerprint density at radius 3 is 2.24 bits per heavy atom. The fourth-order valence-electron chi connectivity index (χ4n) is 3.17. The van der Waals surface area contributed by atoms with E-state index >= 15 is 0 Å². The number of nitrogens with zero attached hydrogens (tertiary/aromatic N) is 1. The van der Waals surface area contributed by atoms with E-state index in [4.69, 9.17) is 5.73 Å². The summed E-state index contributed by atoms with van der Waals surface area (Å²) < 4.78 is 0. The molecule has 0 atom stereocenters. The Hall–Kier alpha value is -1.02.